The van der Waals surface area contributed by atoms with E-state index >= 15 is 0 Å². The van der Waals surface area contributed by atoms with Crippen molar-refractivity contribution in [1.29, 1.82) is 0 Å². The third kappa shape index (κ3) is 7.25. The molecule has 0 unspecified atom stereocenters. The number of amides is 2. The molecule has 10 heteroatoms. The summed E-state index contributed by atoms with van der Waals surface area (Å²) in [7, 11) is 0. The first kappa shape index (κ1) is 28.8. The average Bonchev–Trinajstić information content (AvgIpc) is 3.53. The van der Waals surface area contributed by atoms with Gasteiger partial charge in [-0.1, -0.05) is 6.08 Å². The number of pyridine rings is 1. The van der Waals surface area contributed by atoms with Gasteiger partial charge in [0, 0.05) is 36.8 Å². The number of aromatic nitrogens is 2. The van der Waals surface area contributed by atoms with Crippen molar-refractivity contribution >= 4 is 34.5 Å². The van der Waals surface area contributed by atoms with Crippen LogP contribution >= 0.6 is 0 Å². The molecule has 1 N–H and O–H groups in total. The molecule has 1 aromatic carbocycles. The SMILES string of the molecule is CC(C)(C)OC(=O)n1c(Cn2cccc(NC(=O)CCC/C=C/C(=O)N3CCCC3)c2=O)cc2cc(F)ccc21. The molecule has 2 amide bonds. The fourth-order valence-electron chi connectivity index (χ4n) is 4.63. The lowest BCUT2D eigenvalue weighted by Crippen LogP contribution is -2.30. The van der Waals surface area contributed by atoms with Crippen LogP contribution < -0.4 is 10.9 Å². The molecule has 0 spiro atoms. The summed E-state index contributed by atoms with van der Waals surface area (Å²) in [5.74, 6) is -0.758. The molecule has 1 aliphatic heterocycles. The lowest BCUT2D eigenvalue weighted by Gasteiger charge is -2.21. The highest BCUT2D eigenvalue weighted by Gasteiger charge is 2.23. The van der Waals surface area contributed by atoms with Crippen molar-refractivity contribution in [2.75, 3.05) is 18.4 Å². The number of unbranched alkanes of at least 4 members (excludes halogenated alkanes) is 1. The Labute approximate surface area is 232 Å². The van der Waals surface area contributed by atoms with Gasteiger partial charge in [0.1, 0.15) is 17.1 Å². The zero-order valence-corrected chi connectivity index (χ0v) is 23.1. The van der Waals surface area contributed by atoms with Gasteiger partial charge in [-0.15, -0.1) is 0 Å². The number of fused-ring (bicyclic) bond motifs is 1. The van der Waals surface area contributed by atoms with Crippen LogP contribution in [0.15, 0.2) is 59.5 Å². The van der Waals surface area contributed by atoms with Crippen LogP contribution in [0.2, 0.25) is 0 Å². The van der Waals surface area contributed by atoms with Gasteiger partial charge in [-0.05, 0) is 88.9 Å². The number of allylic oxidation sites excluding steroid dienone is 1. The van der Waals surface area contributed by atoms with Crippen LogP contribution in [-0.2, 0) is 20.9 Å². The first-order chi connectivity index (χ1) is 19.0. The van der Waals surface area contributed by atoms with Crippen molar-refractivity contribution in [1.82, 2.24) is 14.0 Å². The molecule has 0 radical (unpaired) electrons. The van der Waals surface area contributed by atoms with Gasteiger partial charge in [-0.25, -0.2) is 13.8 Å². The van der Waals surface area contributed by atoms with Gasteiger partial charge in [-0.2, -0.15) is 0 Å². The Morgan fingerprint density at radius 3 is 2.58 bits per heavy atom. The molecule has 3 heterocycles. The van der Waals surface area contributed by atoms with Gasteiger partial charge >= 0.3 is 6.09 Å². The Kier molecular flexibility index (Phi) is 8.86. The summed E-state index contributed by atoms with van der Waals surface area (Å²) >= 11 is 0. The normalized spacial score (nSPS) is 13.8. The maximum absolute atomic E-state index is 13.9. The highest BCUT2D eigenvalue weighted by molar-refractivity contribution is 5.91. The molecule has 9 nitrogen and oxygen atoms in total. The zero-order valence-electron chi connectivity index (χ0n) is 23.1. The van der Waals surface area contributed by atoms with E-state index in [0.29, 0.717) is 29.4 Å². The van der Waals surface area contributed by atoms with E-state index in [-0.39, 0.29) is 30.5 Å². The summed E-state index contributed by atoms with van der Waals surface area (Å²) < 4.78 is 22.2. The van der Waals surface area contributed by atoms with Gasteiger partial charge in [0.25, 0.3) is 5.56 Å². The molecule has 4 rings (SSSR count). The fourth-order valence-corrected chi connectivity index (χ4v) is 4.63. The average molecular weight is 551 g/mol. The van der Waals surface area contributed by atoms with Crippen LogP contribution in [0.4, 0.5) is 14.9 Å². The van der Waals surface area contributed by atoms with Crippen molar-refractivity contribution in [3.05, 3.63) is 76.6 Å². The summed E-state index contributed by atoms with van der Waals surface area (Å²) in [5, 5.41) is 3.16. The van der Waals surface area contributed by atoms with Crippen LogP contribution in [0.3, 0.4) is 0 Å². The first-order valence-electron chi connectivity index (χ1n) is 13.5. The lowest BCUT2D eigenvalue weighted by molar-refractivity contribution is -0.125. The van der Waals surface area contributed by atoms with E-state index < -0.39 is 23.1 Å². The summed E-state index contributed by atoms with van der Waals surface area (Å²) in [6.07, 6.45) is 7.61. The van der Waals surface area contributed by atoms with E-state index in [2.05, 4.69) is 5.32 Å². The smallest absolute Gasteiger partial charge is 0.419 e. The molecule has 0 aliphatic carbocycles. The fraction of sp³-hybridized carbons (Fsp3) is 0.400. The van der Waals surface area contributed by atoms with E-state index in [1.807, 2.05) is 4.90 Å². The van der Waals surface area contributed by atoms with E-state index in [0.717, 1.165) is 25.9 Å². The van der Waals surface area contributed by atoms with E-state index in [1.54, 1.807) is 51.3 Å². The molecule has 1 saturated heterocycles. The number of anilines is 1. The number of hydrogen-bond acceptors (Lipinski definition) is 5. The lowest BCUT2D eigenvalue weighted by atomic mass is 10.2. The van der Waals surface area contributed by atoms with Crippen molar-refractivity contribution in [2.24, 2.45) is 0 Å². The van der Waals surface area contributed by atoms with Crippen LogP contribution in [-0.4, -0.2) is 50.6 Å². The van der Waals surface area contributed by atoms with Gasteiger partial charge < -0.3 is 19.5 Å². The summed E-state index contributed by atoms with van der Waals surface area (Å²) in [4.78, 5) is 52.6. The van der Waals surface area contributed by atoms with Crippen LogP contribution in [0.25, 0.3) is 10.9 Å². The third-order valence-corrected chi connectivity index (χ3v) is 6.50. The molecule has 3 aromatic rings. The second-order valence-corrected chi connectivity index (χ2v) is 10.9. The third-order valence-electron chi connectivity index (χ3n) is 6.50. The topological polar surface area (TPSA) is 103 Å². The number of nitrogens with one attached hydrogen (secondary N) is 1. The van der Waals surface area contributed by atoms with Gasteiger partial charge in [0.15, 0.2) is 0 Å². The number of ether oxygens (including phenoxy) is 1. The molecule has 1 fully saturated rings. The second kappa shape index (κ2) is 12.3. The van der Waals surface area contributed by atoms with Crippen molar-refractivity contribution < 1.29 is 23.5 Å². The predicted octanol–water partition coefficient (Wildman–Crippen LogP) is 5.06. The Balaban J connectivity index is 1.43. The number of carbonyl (C=O) groups is 3. The molecule has 2 aromatic heterocycles. The largest absolute Gasteiger partial charge is 0.443 e. The molecule has 0 atom stereocenters. The monoisotopic (exact) mass is 550 g/mol. The van der Waals surface area contributed by atoms with Crippen molar-refractivity contribution in [3.8, 4) is 0 Å². The van der Waals surface area contributed by atoms with Crippen LogP contribution in [0.5, 0.6) is 0 Å². The zero-order chi connectivity index (χ0) is 28.9. The summed E-state index contributed by atoms with van der Waals surface area (Å²) in [5.41, 5.74) is -0.210. The molecule has 0 bridgehead atoms. The van der Waals surface area contributed by atoms with E-state index in [9.17, 15) is 23.6 Å². The number of benzene rings is 1. The minimum absolute atomic E-state index is 0.00244. The number of halogens is 1. The summed E-state index contributed by atoms with van der Waals surface area (Å²) in [6.45, 7) is 6.82. The second-order valence-electron chi connectivity index (χ2n) is 10.9. The first-order valence-corrected chi connectivity index (χ1v) is 13.5. The van der Waals surface area contributed by atoms with Crippen molar-refractivity contribution in [3.63, 3.8) is 0 Å². The van der Waals surface area contributed by atoms with Gasteiger partial charge in [-0.3, -0.25) is 14.4 Å². The number of rotatable bonds is 8. The maximum atomic E-state index is 13.9. The molecule has 212 valence electrons. The van der Waals surface area contributed by atoms with Crippen LogP contribution in [0, 0.1) is 5.82 Å². The molecular formula is C30H35FN4O5. The Morgan fingerprint density at radius 2 is 1.85 bits per heavy atom. The molecule has 40 heavy (non-hydrogen) atoms. The highest BCUT2D eigenvalue weighted by Crippen LogP contribution is 2.24. The Hall–Kier alpha value is -4.21. The maximum Gasteiger partial charge on any atom is 0.419 e. The quantitative estimate of drug-likeness (QED) is 0.312. The number of likely N-dealkylation sites (tertiary alicyclic amines) is 1. The van der Waals surface area contributed by atoms with Crippen LogP contribution in [0.1, 0.15) is 58.6 Å². The number of nitrogens with zero attached hydrogens (tertiary/aromatic N) is 3. The molecular weight excluding hydrogens is 515 g/mol. The molecule has 0 saturated carbocycles. The van der Waals surface area contributed by atoms with Gasteiger partial charge in [0.05, 0.1) is 12.1 Å². The predicted molar refractivity (Wildman–Crippen MR) is 151 cm³/mol. The minimum atomic E-state index is -0.759. The van der Waals surface area contributed by atoms with Gasteiger partial charge in [0.2, 0.25) is 11.8 Å². The summed E-state index contributed by atoms with van der Waals surface area (Å²) in [6, 6.07) is 8.86. The Bertz CT molecular complexity index is 1490. The van der Waals surface area contributed by atoms with Crippen molar-refractivity contribution in [2.45, 2.75) is 65.0 Å². The Morgan fingerprint density at radius 1 is 1.10 bits per heavy atom. The number of carbonyl (C=O) groups excluding carboxylic acids is 3. The van der Waals surface area contributed by atoms with E-state index in [4.69, 9.17) is 4.74 Å². The van der Waals surface area contributed by atoms with E-state index in [1.165, 1.54) is 33.4 Å². The standard InChI is InChI=1S/C30H35FN4O5/c1-30(2,3)40-29(39)35-23(19-21-18-22(31)13-14-25(21)35)20-34-17-9-10-24(28(34)38)32-26(36)11-5-4-6-12-27(37)33-15-7-8-16-33/h6,9-10,12-14,17-19H,4-5,7-8,11,15-16,20H2,1-3H3,(H,32,36)/b12-6+. The minimum Gasteiger partial charge on any atom is -0.443 e. The number of hydrogen-bond donors (Lipinski definition) is 1. The highest BCUT2D eigenvalue weighted by atomic mass is 19.1. The molecule has 1 aliphatic rings.